The van der Waals surface area contributed by atoms with E-state index >= 15 is 0 Å². The van der Waals surface area contributed by atoms with Crippen molar-refractivity contribution in [3.05, 3.63) is 35.9 Å². The summed E-state index contributed by atoms with van der Waals surface area (Å²) < 4.78 is 0. The lowest BCUT2D eigenvalue weighted by molar-refractivity contribution is -0.147. The molecule has 0 fully saturated rings. The molecule has 0 heterocycles. The van der Waals surface area contributed by atoms with Crippen molar-refractivity contribution in [3.63, 3.8) is 0 Å². The number of carbonyl (C=O) groups is 4. The summed E-state index contributed by atoms with van der Waals surface area (Å²) in [5, 5.41) is 22.0. The molecule has 2 amide bonds. The molecule has 6 N–H and O–H groups in total. The molecular formula is C16H21N3O6. The zero-order valence-corrected chi connectivity index (χ0v) is 13.6. The molecular weight excluding hydrogens is 330 g/mol. The van der Waals surface area contributed by atoms with Crippen LogP contribution in [0.15, 0.2) is 30.3 Å². The molecule has 0 saturated heterocycles. The normalized spacial score (nSPS) is 14.0. The van der Waals surface area contributed by atoms with Crippen molar-refractivity contribution >= 4 is 23.8 Å². The molecule has 0 radical (unpaired) electrons. The monoisotopic (exact) mass is 351 g/mol. The van der Waals surface area contributed by atoms with Gasteiger partial charge in [-0.05, 0) is 18.9 Å². The van der Waals surface area contributed by atoms with Crippen LogP contribution in [0, 0.1) is 0 Å². The van der Waals surface area contributed by atoms with E-state index in [4.69, 9.17) is 15.9 Å². The highest BCUT2D eigenvalue weighted by Gasteiger charge is 2.26. The fourth-order valence-corrected chi connectivity index (χ4v) is 2.02. The van der Waals surface area contributed by atoms with Gasteiger partial charge in [-0.2, -0.15) is 0 Å². The number of benzene rings is 1. The molecule has 0 aliphatic rings. The van der Waals surface area contributed by atoms with Crippen molar-refractivity contribution in [2.75, 3.05) is 0 Å². The molecule has 0 spiro atoms. The van der Waals surface area contributed by atoms with Crippen LogP contribution < -0.4 is 16.4 Å². The Hall–Kier alpha value is -2.94. The largest absolute Gasteiger partial charge is 0.481 e. The summed E-state index contributed by atoms with van der Waals surface area (Å²) in [6.07, 6.45) is -0.493. The van der Waals surface area contributed by atoms with Gasteiger partial charge in [-0.25, -0.2) is 4.79 Å². The molecule has 0 bridgehead atoms. The van der Waals surface area contributed by atoms with Crippen molar-refractivity contribution in [1.82, 2.24) is 10.6 Å². The minimum atomic E-state index is -1.58. The summed E-state index contributed by atoms with van der Waals surface area (Å²) in [5.74, 6) is -4.23. The predicted octanol–water partition coefficient (Wildman–Crippen LogP) is -0.895. The first-order valence-electron chi connectivity index (χ1n) is 7.55. The summed E-state index contributed by atoms with van der Waals surface area (Å²) in [7, 11) is 0. The number of amides is 2. The number of hydrogen-bond acceptors (Lipinski definition) is 5. The van der Waals surface area contributed by atoms with E-state index in [2.05, 4.69) is 10.6 Å². The Kier molecular flexibility index (Phi) is 7.54. The van der Waals surface area contributed by atoms with Crippen LogP contribution in [0.2, 0.25) is 0 Å². The van der Waals surface area contributed by atoms with Crippen LogP contribution in [0.1, 0.15) is 18.9 Å². The summed E-state index contributed by atoms with van der Waals surface area (Å²) in [4.78, 5) is 45.5. The average molecular weight is 351 g/mol. The van der Waals surface area contributed by atoms with Gasteiger partial charge in [0.2, 0.25) is 11.8 Å². The van der Waals surface area contributed by atoms with Gasteiger partial charge in [0.05, 0.1) is 12.5 Å². The SMILES string of the molecule is C[C@H](NC(=O)[C@@H](N)Cc1ccccc1)C(=O)N[C@@H](CC(=O)O)C(=O)O. The van der Waals surface area contributed by atoms with Crippen molar-refractivity contribution in [1.29, 1.82) is 0 Å². The van der Waals surface area contributed by atoms with E-state index in [1.54, 1.807) is 0 Å². The Bertz CT molecular complexity index is 634. The van der Waals surface area contributed by atoms with Gasteiger partial charge in [0.25, 0.3) is 0 Å². The highest BCUT2D eigenvalue weighted by molar-refractivity contribution is 5.92. The lowest BCUT2D eigenvalue weighted by Crippen LogP contribution is -2.53. The molecule has 9 nitrogen and oxygen atoms in total. The molecule has 1 rings (SSSR count). The molecule has 0 aliphatic carbocycles. The lowest BCUT2D eigenvalue weighted by Gasteiger charge is -2.19. The molecule has 1 aromatic carbocycles. The summed E-state index contributed by atoms with van der Waals surface area (Å²) >= 11 is 0. The Morgan fingerprint density at radius 2 is 1.64 bits per heavy atom. The van der Waals surface area contributed by atoms with Crippen LogP contribution in [0.5, 0.6) is 0 Å². The highest BCUT2D eigenvalue weighted by atomic mass is 16.4. The maximum atomic E-state index is 12.0. The van der Waals surface area contributed by atoms with Gasteiger partial charge in [0.15, 0.2) is 0 Å². The number of hydrogen-bond donors (Lipinski definition) is 5. The predicted molar refractivity (Wildman–Crippen MR) is 87.5 cm³/mol. The Balaban J connectivity index is 2.56. The molecule has 136 valence electrons. The minimum absolute atomic E-state index is 0.276. The number of nitrogens with one attached hydrogen (secondary N) is 2. The Labute approximate surface area is 144 Å². The molecule has 3 atom stereocenters. The van der Waals surface area contributed by atoms with Crippen molar-refractivity contribution < 1.29 is 29.4 Å². The first-order chi connectivity index (χ1) is 11.7. The fourth-order valence-electron chi connectivity index (χ4n) is 2.02. The van der Waals surface area contributed by atoms with Crippen LogP contribution in [0.4, 0.5) is 0 Å². The fraction of sp³-hybridized carbons (Fsp3) is 0.375. The van der Waals surface area contributed by atoms with Crippen LogP contribution >= 0.6 is 0 Å². The first-order valence-corrected chi connectivity index (χ1v) is 7.55. The number of carboxylic acids is 2. The Morgan fingerprint density at radius 3 is 2.16 bits per heavy atom. The lowest BCUT2D eigenvalue weighted by atomic mass is 10.1. The standard InChI is InChI=1S/C16H21N3O6/c1-9(14(22)19-12(16(24)25)8-13(20)21)18-15(23)11(17)7-10-5-3-2-4-6-10/h2-6,9,11-12H,7-8,17H2,1H3,(H,18,23)(H,19,22)(H,20,21)(H,24,25)/t9-,11-,12-/m0/s1. The molecule has 0 saturated carbocycles. The molecule has 0 aliphatic heterocycles. The quantitative estimate of drug-likeness (QED) is 0.386. The van der Waals surface area contributed by atoms with E-state index in [9.17, 15) is 19.2 Å². The topological polar surface area (TPSA) is 159 Å². The average Bonchev–Trinajstić information content (AvgIpc) is 2.54. The second-order valence-corrected chi connectivity index (χ2v) is 5.52. The maximum Gasteiger partial charge on any atom is 0.326 e. The van der Waals surface area contributed by atoms with E-state index in [0.29, 0.717) is 0 Å². The third-order valence-electron chi connectivity index (χ3n) is 3.38. The Morgan fingerprint density at radius 1 is 1.04 bits per heavy atom. The number of aliphatic carboxylic acids is 2. The first kappa shape index (κ1) is 20.1. The van der Waals surface area contributed by atoms with Crippen LogP contribution in [0.3, 0.4) is 0 Å². The number of rotatable bonds is 9. The number of carboxylic acid groups (broad SMARTS) is 2. The van der Waals surface area contributed by atoms with E-state index in [-0.39, 0.29) is 6.42 Å². The molecule has 25 heavy (non-hydrogen) atoms. The zero-order valence-electron chi connectivity index (χ0n) is 13.6. The zero-order chi connectivity index (χ0) is 19.0. The molecule has 9 heteroatoms. The smallest absolute Gasteiger partial charge is 0.326 e. The van der Waals surface area contributed by atoms with Gasteiger partial charge in [0.1, 0.15) is 12.1 Å². The summed E-state index contributed by atoms with van der Waals surface area (Å²) in [5.41, 5.74) is 6.65. The van der Waals surface area contributed by atoms with Crippen molar-refractivity contribution in [2.45, 2.75) is 37.9 Å². The third kappa shape index (κ3) is 7.00. The third-order valence-corrected chi connectivity index (χ3v) is 3.38. The van der Waals surface area contributed by atoms with E-state index in [0.717, 1.165) is 5.56 Å². The second kappa shape index (κ2) is 9.38. The molecule has 0 aromatic heterocycles. The van der Waals surface area contributed by atoms with Gasteiger partial charge in [0, 0.05) is 0 Å². The molecule has 1 aromatic rings. The van der Waals surface area contributed by atoms with Gasteiger partial charge in [-0.1, -0.05) is 30.3 Å². The van der Waals surface area contributed by atoms with Gasteiger partial charge in [-0.3, -0.25) is 14.4 Å². The maximum absolute atomic E-state index is 12.0. The van der Waals surface area contributed by atoms with Crippen LogP contribution in [-0.2, 0) is 25.6 Å². The summed E-state index contributed by atoms with van der Waals surface area (Å²) in [6, 6.07) is 5.55. The van der Waals surface area contributed by atoms with Crippen molar-refractivity contribution in [2.24, 2.45) is 5.73 Å². The highest BCUT2D eigenvalue weighted by Crippen LogP contribution is 2.02. The van der Waals surface area contributed by atoms with Crippen LogP contribution in [-0.4, -0.2) is 52.1 Å². The number of nitrogens with two attached hydrogens (primary N) is 1. The van der Waals surface area contributed by atoms with Gasteiger partial charge >= 0.3 is 11.9 Å². The van der Waals surface area contributed by atoms with Crippen molar-refractivity contribution in [3.8, 4) is 0 Å². The van der Waals surface area contributed by atoms with Crippen LogP contribution in [0.25, 0.3) is 0 Å². The van der Waals surface area contributed by atoms with Gasteiger partial charge in [-0.15, -0.1) is 0 Å². The van der Waals surface area contributed by atoms with E-state index < -0.39 is 48.3 Å². The van der Waals surface area contributed by atoms with E-state index in [1.165, 1.54) is 6.92 Å². The minimum Gasteiger partial charge on any atom is -0.481 e. The second-order valence-electron chi connectivity index (χ2n) is 5.52. The molecule has 0 unspecified atom stereocenters. The van der Waals surface area contributed by atoms with E-state index in [1.807, 2.05) is 30.3 Å². The van der Waals surface area contributed by atoms with Gasteiger partial charge < -0.3 is 26.6 Å². The number of carbonyl (C=O) groups excluding carboxylic acids is 2. The summed E-state index contributed by atoms with van der Waals surface area (Å²) in [6.45, 7) is 1.35.